The van der Waals surface area contributed by atoms with Crippen LogP contribution in [0.1, 0.15) is 57.6 Å². The van der Waals surface area contributed by atoms with E-state index in [2.05, 4.69) is 22.2 Å². The van der Waals surface area contributed by atoms with Gasteiger partial charge in [-0.15, -0.1) is 11.3 Å². The Bertz CT molecular complexity index is 850. The standard InChI is InChI=1S/C24H37N5O4S/c1-2-20-16-34-24(25-20)27-12-10-26(11-13-27)23(32)21-8-5-9-29(21)22(31)19(15-28(33)17-30)14-18-6-3-4-7-18/h16-19,21,33H,2-15H2,1H3/t19-,21+/m1/s1. The topological polar surface area (TPSA) is 97.3 Å². The van der Waals surface area contributed by atoms with Crippen LogP contribution in [0.25, 0.3) is 0 Å². The minimum atomic E-state index is -0.471. The first-order valence-corrected chi connectivity index (χ1v) is 13.6. The predicted octanol–water partition coefficient (Wildman–Crippen LogP) is 2.39. The number of aromatic nitrogens is 1. The summed E-state index contributed by atoms with van der Waals surface area (Å²) in [5.41, 5.74) is 1.10. The van der Waals surface area contributed by atoms with Crippen LogP contribution >= 0.6 is 11.3 Å². The van der Waals surface area contributed by atoms with Gasteiger partial charge in [0.15, 0.2) is 5.13 Å². The number of nitrogens with zero attached hydrogens (tertiary/aromatic N) is 5. The number of piperazine rings is 1. The summed E-state index contributed by atoms with van der Waals surface area (Å²) in [5.74, 6) is -0.106. The highest BCUT2D eigenvalue weighted by Gasteiger charge is 2.40. The molecule has 3 heterocycles. The molecule has 2 saturated heterocycles. The van der Waals surface area contributed by atoms with Crippen molar-refractivity contribution >= 4 is 34.7 Å². The first-order chi connectivity index (χ1) is 16.5. The third kappa shape index (κ3) is 5.71. The van der Waals surface area contributed by atoms with Crippen molar-refractivity contribution in [3.8, 4) is 0 Å². The molecule has 188 valence electrons. The maximum Gasteiger partial charge on any atom is 0.245 e. The maximum absolute atomic E-state index is 13.5. The molecule has 4 rings (SSSR count). The van der Waals surface area contributed by atoms with Gasteiger partial charge in [0, 0.05) is 38.1 Å². The molecule has 3 amide bonds. The number of aryl methyl sites for hydroxylation is 1. The van der Waals surface area contributed by atoms with Crippen LogP contribution in [0.5, 0.6) is 0 Å². The lowest BCUT2D eigenvalue weighted by atomic mass is 9.91. The van der Waals surface area contributed by atoms with Crippen molar-refractivity contribution in [3.05, 3.63) is 11.1 Å². The highest BCUT2D eigenvalue weighted by molar-refractivity contribution is 7.13. The van der Waals surface area contributed by atoms with Crippen LogP contribution in [0.15, 0.2) is 5.38 Å². The Hall–Kier alpha value is -2.20. The van der Waals surface area contributed by atoms with Crippen molar-refractivity contribution < 1.29 is 19.6 Å². The van der Waals surface area contributed by atoms with E-state index in [1.54, 1.807) is 16.2 Å². The fourth-order valence-electron chi connectivity index (χ4n) is 5.63. The molecule has 0 aromatic carbocycles. The fourth-order valence-corrected chi connectivity index (χ4v) is 6.59. The minimum Gasteiger partial charge on any atom is -0.345 e. The maximum atomic E-state index is 13.5. The number of thiazole rings is 1. The monoisotopic (exact) mass is 491 g/mol. The van der Waals surface area contributed by atoms with Gasteiger partial charge >= 0.3 is 0 Å². The molecule has 1 aromatic rings. The Balaban J connectivity index is 1.37. The molecular weight excluding hydrogens is 454 g/mol. The van der Waals surface area contributed by atoms with Gasteiger partial charge in [0.25, 0.3) is 0 Å². The lowest BCUT2D eigenvalue weighted by molar-refractivity contribution is -0.159. The first-order valence-electron chi connectivity index (χ1n) is 12.7. The van der Waals surface area contributed by atoms with Crippen LogP contribution in [0, 0.1) is 11.8 Å². The van der Waals surface area contributed by atoms with Crippen molar-refractivity contribution in [2.75, 3.05) is 44.2 Å². The second-order valence-electron chi connectivity index (χ2n) is 9.79. The molecule has 0 radical (unpaired) electrons. The van der Waals surface area contributed by atoms with Crippen LogP contribution in [-0.4, -0.2) is 88.6 Å². The van der Waals surface area contributed by atoms with Gasteiger partial charge in [0.05, 0.1) is 18.2 Å². The third-order valence-corrected chi connectivity index (χ3v) is 8.51. The van der Waals surface area contributed by atoms with Gasteiger partial charge in [-0.05, 0) is 31.6 Å². The molecule has 1 aliphatic carbocycles. The number of hydrogen-bond donors (Lipinski definition) is 1. The van der Waals surface area contributed by atoms with Gasteiger partial charge in [-0.3, -0.25) is 19.6 Å². The zero-order valence-electron chi connectivity index (χ0n) is 20.1. The van der Waals surface area contributed by atoms with E-state index in [0.717, 1.165) is 49.6 Å². The molecule has 2 aliphatic heterocycles. The van der Waals surface area contributed by atoms with E-state index < -0.39 is 12.0 Å². The molecule has 34 heavy (non-hydrogen) atoms. The van der Waals surface area contributed by atoms with Crippen LogP contribution < -0.4 is 4.90 Å². The molecule has 0 spiro atoms. The molecule has 2 atom stereocenters. The summed E-state index contributed by atoms with van der Waals surface area (Å²) in [5, 5.41) is 13.5. The van der Waals surface area contributed by atoms with Crippen LogP contribution in [0.4, 0.5) is 5.13 Å². The zero-order valence-corrected chi connectivity index (χ0v) is 20.9. The van der Waals surface area contributed by atoms with Crippen LogP contribution in [0.2, 0.25) is 0 Å². The number of carbonyl (C=O) groups is 3. The fraction of sp³-hybridized carbons (Fsp3) is 0.750. The van der Waals surface area contributed by atoms with E-state index in [0.29, 0.717) is 49.9 Å². The molecule has 0 bridgehead atoms. The molecule has 1 N–H and O–H groups in total. The molecule has 3 aliphatic rings. The molecule has 10 heteroatoms. The SMILES string of the molecule is CCc1csc(N2CCN(C(=O)[C@@H]3CCCN3C(=O)[C@H](CC3CCCC3)CN(O)C=O)CC2)n1. The number of hydrogen-bond acceptors (Lipinski definition) is 7. The first kappa shape index (κ1) is 24.9. The zero-order chi connectivity index (χ0) is 24.1. The number of amides is 3. The van der Waals surface area contributed by atoms with Crippen LogP contribution in [0.3, 0.4) is 0 Å². The average Bonchev–Trinajstić information content (AvgIpc) is 3.64. The van der Waals surface area contributed by atoms with Gasteiger partial charge in [0.2, 0.25) is 18.2 Å². The summed E-state index contributed by atoms with van der Waals surface area (Å²) in [4.78, 5) is 48.5. The van der Waals surface area contributed by atoms with E-state index >= 15 is 0 Å². The van der Waals surface area contributed by atoms with E-state index in [4.69, 9.17) is 0 Å². The summed E-state index contributed by atoms with van der Waals surface area (Å²) < 4.78 is 0. The number of carbonyl (C=O) groups excluding carboxylic acids is 3. The Morgan fingerprint density at radius 2 is 1.91 bits per heavy atom. The molecule has 3 fully saturated rings. The van der Waals surface area contributed by atoms with Crippen LogP contribution in [-0.2, 0) is 20.8 Å². The third-order valence-electron chi connectivity index (χ3n) is 7.56. The molecule has 1 saturated carbocycles. The summed E-state index contributed by atoms with van der Waals surface area (Å²) in [7, 11) is 0. The lowest BCUT2D eigenvalue weighted by Crippen LogP contribution is -2.55. The van der Waals surface area contributed by atoms with Gasteiger partial charge in [0.1, 0.15) is 6.04 Å². The predicted molar refractivity (Wildman–Crippen MR) is 130 cm³/mol. The Kier molecular flexibility index (Phi) is 8.41. The lowest BCUT2D eigenvalue weighted by Gasteiger charge is -2.38. The van der Waals surface area contributed by atoms with Crippen molar-refractivity contribution in [1.82, 2.24) is 19.8 Å². The minimum absolute atomic E-state index is 0.0114. The summed E-state index contributed by atoms with van der Waals surface area (Å²) in [6.07, 6.45) is 7.91. The highest BCUT2D eigenvalue weighted by atomic mass is 32.1. The van der Waals surface area contributed by atoms with E-state index in [-0.39, 0.29) is 18.4 Å². The van der Waals surface area contributed by atoms with Crippen molar-refractivity contribution in [2.45, 2.75) is 64.3 Å². The Morgan fingerprint density at radius 3 is 2.56 bits per heavy atom. The molecule has 9 nitrogen and oxygen atoms in total. The van der Waals surface area contributed by atoms with Gasteiger partial charge < -0.3 is 14.7 Å². The van der Waals surface area contributed by atoms with Crippen molar-refractivity contribution in [1.29, 1.82) is 0 Å². The Morgan fingerprint density at radius 1 is 1.18 bits per heavy atom. The summed E-state index contributed by atoms with van der Waals surface area (Å²) in [6.45, 7) is 5.38. The van der Waals surface area contributed by atoms with Gasteiger partial charge in [-0.1, -0.05) is 32.6 Å². The highest BCUT2D eigenvalue weighted by Crippen LogP contribution is 2.33. The number of likely N-dealkylation sites (tertiary alicyclic amines) is 1. The van der Waals surface area contributed by atoms with E-state index in [1.807, 2.05) is 4.90 Å². The van der Waals surface area contributed by atoms with Gasteiger partial charge in [-0.25, -0.2) is 10.0 Å². The smallest absolute Gasteiger partial charge is 0.245 e. The van der Waals surface area contributed by atoms with E-state index in [9.17, 15) is 19.6 Å². The average molecular weight is 492 g/mol. The van der Waals surface area contributed by atoms with Gasteiger partial charge in [-0.2, -0.15) is 0 Å². The second kappa shape index (κ2) is 11.5. The number of rotatable bonds is 9. The largest absolute Gasteiger partial charge is 0.345 e. The second-order valence-corrected chi connectivity index (χ2v) is 10.6. The normalized spacial score (nSPS) is 22.3. The summed E-state index contributed by atoms with van der Waals surface area (Å²) in [6, 6.07) is -0.444. The quantitative estimate of drug-likeness (QED) is 0.324. The van der Waals surface area contributed by atoms with Crippen molar-refractivity contribution in [2.24, 2.45) is 11.8 Å². The van der Waals surface area contributed by atoms with E-state index in [1.165, 1.54) is 12.8 Å². The molecule has 1 aromatic heterocycles. The Labute approximate surface area is 205 Å². The summed E-state index contributed by atoms with van der Waals surface area (Å²) >= 11 is 1.65. The number of hydroxylamine groups is 2. The van der Waals surface area contributed by atoms with Crippen molar-refractivity contribution in [3.63, 3.8) is 0 Å². The molecule has 0 unspecified atom stereocenters. The molecular formula is C24H37N5O4S. The number of anilines is 1.